The van der Waals surface area contributed by atoms with Crippen molar-refractivity contribution in [3.63, 3.8) is 0 Å². The van der Waals surface area contributed by atoms with Gasteiger partial charge in [-0.3, -0.25) is 22.8 Å². The summed E-state index contributed by atoms with van der Waals surface area (Å²) in [6, 6.07) is 0. The molecule has 0 rings (SSSR count). The van der Waals surface area contributed by atoms with Gasteiger partial charge in [0.2, 0.25) is 36.8 Å². The number of oxime groups is 1. The van der Waals surface area contributed by atoms with Crippen molar-refractivity contribution in [2.45, 2.75) is 134 Å². The quantitative estimate of drug-likeness (QED) is 0.0488. The number of carbonyl (C=O) groups excluding carboxylic acids is 6. The van der Waals surface area contributed by atoms with Gasteiger partial charge >= 0.3 is 16.1 Å². The Morgan fingerprint density at radius 2 is 0.956 bits per heavy atom. The molecule has 0 spiro atoms. The van der Waals surface area contributed by atoms with Crippen molar-refractivity contribution in [2.75, 3.05) is 79.8 Å². The summed E-state index contributed by atoms with van der Waals surface area (Å²) in [5.74, 6) is -0.252. The van der Waals surface area contributed by atoms with E-state index in [1.807, 2.05) is 34.6 Å². The first-order valence-corrected chi connectivity index (χ1v) is 32.8. The molecule has 0 saturated heterocycles. The van der Waals surface area contributed by atoms with Crippen molar-refractivity contribution < 1.29 is 70.3 Å². The molecule has 22 nitrogen and oxygen atoms in total. The monoisotopic (exact) mass is 1380 g/mol. The maximum Gasteiger partial charge on any atom is 0.378 e. The van der Waals surface area contributed by atoms with E-state index in [0.29, 0.717) is 59.7 Å². The number of nitrogens with zero attached hydrogens (tertiary/aromatic N) is 5. The van der Waals surface area contributed by atoms with Gasteiger partial charge in [0.15, 0.2) is 36.5 Å². The lowest BCUT2D eigenvalue weighted by Crippen LogP contribution is -2.21. The molecule has 0 aromatic carbocycles. The van der Waals surface area contributed by atoms with Gasteiger partial charge in [0.25, 0.3) is 13.1 Å². The fourth-order valence-corrected chi connectivity index (χ4v) is 0.910. The summed E-state index contributed by atoms with van der Waals surface area (Å²) in [5, 5.41) is 37.1. The normalized spacial score (nSPS) is 9.59. The van der Waals surface area contributed by atoms with Gasteiger partial charge < -0.3 is 69.4 Å². The van der Waals surface area contributed by atoms with Gasteiger partial charge in [-0.25, -0.2) is 8.42 Å². The van der Waals surface area contributed by atoms with Crippen molar-refractivity contribution in [1.82, 2.24) is 19.8 Å². The Hall–Kier alpha value is -2.77. The maximum absolute atomic E-state index is 10.3. The number of rotatable bonds is 14. The lowest BCUT2D eigenvalue weighted by atomic mass is 10.00. The van der Waals surface area contributed by atoms with Crippen molar-refractivity contribution in [3.8, 4) is 0 Å². The van der Waals surface area contributed by atoms with Crippen LogP contribution in [0.15, 0.2) is 10.1 Å². The molecular formula is C46H89B16N7O15S7. The fraction of sp³-hybridized carbons (Fsp3) is 0.696. The summed E-state index contributed by atoms with van der Waals surface area (Å²) in [7, 11) is 80.3. The number of aliphatic imine (C=N–C) groups is 1. The number of nitrogens with one attached hydrogen (secondary N) is 2. The largest absolute Gasteiger partial charge is 0.563 e. The Labute approximate surface area is 594 Å². The van der Waals surface area contributed by atoms with Crippen LogP contribution in [0.1, 0.15) is 134 Å². The van der Waals surface area contributed by atoms with Gasteiger partial charge in [0.1, 0.15) is 50.0 Å². The minimum Gasteiger partial charge on any atom is -0.563 e. The minimum absolute atomic E-state index is 0.0208. The van der Waals surface area contributed by atoms with Crippen LogP contribution in [0.3, 0.4) is 0 Å². The molecule has 0 heterocycles. The number of aliphatic hydroxyl groups excluding tert-OH is 2. The summed E-state index contributed by atoms with van der Waals surface area (Å²) >= 11 is 18.0. The van der Waals surface area contributed by atoms with Crippen LogP contribution in [-0.2, 0) is 63.0 Å². The zero-order valence-electron chi connectivity index (χ0n) is 56.8. The number of hydrogen-bond donors (Lipinski definition) is 5. The molecule has 0 fully saturated rings. The highest BCUT2D eigenvalue weighted by Crippen LogP contribution is 1.86. The molecule has 0 aliphatic heterocycles. The number of carbonyl (C=O) groups is 6. The Morgan fingerprint density at radius 3 is 0.956 bits per heavy atom. The molecule has 2 atom stereocenters. The van der Waals surface area contributed by atoms with Gasteiger partial charge in [-0.15, -0.1) is 17.4 Å². The summed E-state index contributed by atoms with van der Waals surface area (Å²) in [5.41, 5.74) is -0.0995. The predicted octanol–water partition coefficient (Wildman–Crippen LogP) is -0.359. The molecule has 0 saturated carbocycles. The molecule has 0 bridgehead atoms. The molecule has 2 amide bonds. The van der Waals surface area contributed by atoms with Crippen molar-refractivity contribution in [1.29, 1.82) is 5.41 Å². The number of amides is 2. The Bertz CT molecular complexity index is 1980. The zero-order chi connectivity index (χ0) is 77.2. The SMILES string of the molecule is [B]/C(CC)=N\O.[B]C(=N)CC.[B]C(=O)CC.[B]C(=O)CNC.[B]C(=O)CO.[B]C(=O)N(C)C.[B]C(=S)CC.[B]C(=S)CO.[B]C(C)=NC.[B]N(C)C(=O)CC.[B]N(C)C(=S)CC.[B]OC(=O)CC.[B]OC(=S)CC.[B]S(=O)(=O)CC.[B]S(=O)CC.[B]S(C)(=O)=CC. The number of aliphatic hydroxyl groups is 2. The molecule has 0 aliphatic carbocycles. The lowest BCUT2D eigenvalue weighted by Gasteiger charge is -2.10. The average Bonchev–Trinajstić information content (AvgIpc) is 3.49. The Morgan fingerprint density at radius 1 is 0.648 bits per heavy atom. The Kier molecular flexibility index (Phi) is 146. The van der Waals surface area contributed by atoms with Gasteiger partial charge in [-0.05, 0) is 118 Å². The molecular weight excluding hydrogens is 1290 g/mol. The second-order valence-electron chi connectivity index (χ2n) is 15.0. The smallest absolute Gasteiger partial charge is 0.378 e. The first-order chi connectivity index (χ1) is 41.2. The van der Waals surface area contributed by atoms with Crippen LogP contribution in [0.4, 0.5) is 4.79 Å². The molecule has 488 valence electrons. The van der Waals surface area contributed by atoms with Gasteiger partial charge in [-0.2, -0.15) is 0 Å². The molecule has 32 radical (unpaired) electrons. The van der Waals surface area contributed by atoms with Crippen LogP contribution in [0.2, 0.25) is 0 Å². The summed E-state index contributed by atoms with van der Waals surface area (Å²) in [4.78, 5) is 66.9. The van der Waals surface area contributed by atoms with Crippen LogP contribution < -0.4 is 5.32 Å². The fourth-order valence-electron chi connectivity index (χ4n) is 0.910. The van der Waals surface area contributed by atoms with Gasteiger partial charge in [0, 0.05) is 64.1 Å². The van der Waals surface area contributed by atoms with Gasteiger partial charge in [0.05, 0.1) is 39.3 Å². The predicted molar refractivity (Wildman–Crippen MR) is 415 cm³/mol. The Balaban J connectivity index is -0.0000000472. The van der Waals surface area contributed by atoms with E-state index >= 15 is 0 Å². The van der Waals surface area contributed by atoms with Crippen molar-refractivity contribution in [2.24, 2.45) is 10.1 Å². The van der Waals surface area contributed by atoms with E-state index in [-0.39, 0.29) is 58.1 Å². The van der Waals surface area contributed by atoms with E-state index in [4.69, 9.17) is 118 Å². The summed E-state index contributed by atoms with van der Waals surface area (Å²) < 4.78 is 48.2. The second-order valence-corrected chi connectivity index (χ2v) is 22.7. The number of hydrogen-bond acceptors (Lipinski definition) is 23. The van der Waals surface area contributed by atoms with E-state index in [0.717, 1.165) is 22.6 Å². The highest BCUT2D eigenvalue weighted by atomic mass is 32.2. The van der Waals surface area contributed by atoms with Crippen LogP contribution >= 0.6 is 48.9 Å². The summed E-state index contributed by atoms with van der Waals surface area (Å²) in [6.07, 6.45) is 6.41. The lowest BCUT2D eigenvalue weighted by molar-refractivity contribution is -0.133. The molecule has 0 aromatic rings. The van der Waals surface area contributed by atoms with E-state index in [1.165, 1.54) is 35.3 Å². The van der Waals surface area contributed by atoms with Crippen LogP contribution in [0, 0.1) is 5.41 Å². The van der Waals surface area contributed by atoms with E-state index in [9.17, 15) is 45.6 Å². The maximum atomic E-state index is 10.3. The first-order valence-electron chi connectivity index (χ1n) is 26.0. The number of likely N-dealkylation sites (N-methyl/N-ethyl adjacent to an activating group) is 1. The molecule has 91 heavy (non-hydrogen) atoms. The topological polar surface area (TPSA) is 320 Å². The molecule has 0 aliphatic rings. The standard InChI is InChI=1S/C4H8BNO.C4H8BNS.3C3H6BNO.2C3H6BN.C3H5BO2.C3H7BOS.C3H5BOS.C3H5BO.C3H5BS.C2H5BO2S.C2H3BO2.C2H5BOS.C2H3BOS/c2*1-3-4(7)6(2)5;1-5(2)3(4)6;1-5-2-3(4)6;1-2-3(4)5-6;1-3(4)5-2;1-2-3(4)5;1-2-3(5)6-4;1-3-6(2,4)5;1-2-3(6)5-4;2*1-2-3(4)5;1-2-6(3,4)5;3-2(5)1-4;1-2-5(3)4;3-2(5)1-4/h2*3H2,1-2H3;1-2H3;5H,2H2,1H3;6H,2H2,1H3;1-2H3;5H,2H2,1H3;2H2,1H3;3H,1-2H3;2H2,1H3;2*2H2,1H3;2H2,1H3;4H,1H2;2H2,1H3;4H,1H2/b;;;;5-3-;;;;;;;;;;;. The van der Waals surface area contributed by atoms with Crippen LogP contribution in [0.5, 0.6) is 0 Å². The molecule has 45 heteroatoms. The highest BCUT2D eigenvalue weighted by Gasteiger charge is 1.95. The minimum atomic E-state index is -3.16. The van der Waals surface area contributed by atoms with Gasteiger partial charge in [-0.1, -0.05) is 108 Å². The van der Waals surface area contributed by atoms with Crippen LogP contribution in [-0.4, -0.2) is 327 Å². The van der Waals surface area contributed by atoms with E-state index in [2.05, 4.69) is 100 Å². The molecule has 5 N–H and O–H groups in total. The first kappa shape index (κ1) is 129. The molecule has 2 unspecified atom stereocenters. The second kappa shape index (κ2) is 103. The van der Waals surface area contributed by atoms with E-state index < -0.39 is 47.8 Å². The summed E-state index contributed by atoms with van der Waals surface area (Å²) in [6.45, 7) is 20.9. The van der Waals surface area contributed by atoms with Crippen molar-refractivity contribution in [3.05, 3.63) is 0 Å². The third-order valence-electron chi connectivity index (χ3n) is 6.41. The van der Waals surface area contributed by atoms with Crippen molar-refractivity contribution >= 4 is 279 Å². The third-order valence-corrected chi connectivity index (χ3v) is 10.1. The van der Waals surface area contributed by atoms with E-state index in [1.54, 1.807) is 76.8 Å². The molecule has 0 aromatic heterocycles. The third kappa shape index (κ3) is 272. The average molecular weight is 1380 g/mol. The number of thiocarbonyl (C=S) groups is 4. The van der Waals surface area contributed by atoms with Crippen LogP contribution in [0.25, 0.3) is 0 Å². The highest BCUT2D eigenvalue weighted by molar-refractivity contribution is 8.19. The zero-order valence-corrected chi connectivity index (χ0v) is 62.6.